The summed E-state index contributed by atoms with van der Waals surface area (Å²) in [6.45, 7) is 5.47. The van der Waals surface area contributed by atoms with Gasteiger partial charge in [0.25, 0.3) is 5.56 Å². The molecule has 0 amide bonds. The van der Waals surface area contributed by atoms with Gasteiger partial charge in [-0.05, 0) is 43.2 Å². The fraction of sp³-hybridized carbons (Fsp3) is 0.619. The van der Waals surface area contributed by atoms with Crippen LogP contribution in [0.4, 0.5) is 0 Å². The fourth-order valence-corrected chi connectivity index (χ4v) is 5.50. The van der Waals surface area contributed by atoms with Gasteiger partial charge >= 0.3 is 0 Å². The van der Waals surface area contributed by atoms with Crippen LogP contribution in [0.1, 0.15) is 52.0 Å². The molecule has 4 atom stereocenters. The first-order chi connectivity index (χ1) is 12.6. The molecule has 5 heteroatoms. The second-order valence-corrected chi connectivity index (χ2v) is 8.85. The van der Waals surface area contributed by atoms with Crippen LogP contribution in [0.15, 0.2) is 34.2 Å². The number of hydrogen-bond acceptors (Lipinski definition) is 4. The van der Waals surface area contributed by atoms with Crippen LogP contribution in [0.3, 0.4) is 0 Å². The van der Waals surface area contributed by atoms with E-state index in [4.69, 9.17) is 9.72 Å². The molecule has 1 aliphatic carbocycles. The summed E-state index contributed by atoms with van der Waals surface area (Å²) >= 11 is 1.70. The third-order valence-electron chi connectivity index (χ3n) is 6.19. The molecule has 0 spiro atoms. The predicted octanol–water partition coefficient (Wildman–Crippen LogP) is 4.66. The zero-order chi connectivity index (χ0) is 18.1. The first kappa shape index (κ1) is 18.1. The highest BCUT2D eigenvalue weighted by molar-refractivity contribution is 7.99. The molecule has 2 aliphatic rings. The van der Waals surface area contributed by atoms with Crippen LogP contribution < -0.4 is 5.56 Å². The van der Waals surface area contributed by atoms with Crippen molar-refractivity contribution in [3.8, 4) is 0 Å². The van der Waals surface area contributed by atoms with Gasteiger partial charge in [-0.3, -0.25) is 9.36 Å². The molecule has 0 radical (unpaired) electrons. The van der Waals surface area contributed by atoms with E-state index in [0.29, 0.717) is 17.9 Å². The second-order valence-electron chi connectivity index (χ2n) is 7.87. The van der Waals surface area contributed by atoms with Crippen LogP contribution in [0.25, 0.3) is 10.9 Å². The Morgan fingerprint density at radius 1 is 1.19 bits per heavy atom. The third kappa shape index (κ3) is 3.44. The van der Waals surface area contributed by atoms with Gasteiger partial charge in [-0.25, -0.2) is 4.98 Å². The van der Waals surface area contributed by atoms with Crippen molar-refractivity contribution in [3.05, 3.63) is 34.6 Å². The van der Waals surface area contributed by atoms with Crippen molar-refractivity contribution in [1.82, 2.24) is 9.55 Å². The molecule has 1 aromatic heterocycles. The normalized spacial score (nSPS) is 29.3. The molecule has 26 heavy (non-hydrogen) atoms. The molecule has 2 aromatic rings. The Balaban J connectivity index is 1.75. The van der Waals surface area contributed by atoms with Crippen molar-refractivity contribution in [2.45, 2.75) is 63.3 Å². The standard InChI is InChI=1S/C21H28N2O2S/c1-14-7-5-11-19(15(14)2)23-20(24)17-9-3-4-10-18(17)22-21(23)26-13-16-8-6-12-25-16/h3-4,9-10,14-16,19H,5-8,11-13H2,1-2H3/t14-,15-,16+,19+/m1/s1. The van der Waals surface area contributed by atoms with Crippen molar-refractivity contribution < 1.29 is 4.74 Å². The summed E-state index contributed by atoms with van der Waals surface area (Å²) in [7, 11) is 0. The second kappa shape index (κ2) is 7.73. The molecule has 2 heterocycles. The SMILES string of the molecule is C[C@@H]1[C@H](C)CCC[C@@H]1n1c(SC[C@@H]2CCCO2)nc2ccccc2c1=O. The highest BCUT2D eigenvalue weighted by Gasteiger charge is 2.31. The molecule has 140 valence electrons. The van der Waals surface area contributed by atoms with Crippen molar-refractivity contribution >= 4 is 22.7 Å². The van der Waals surface area contributed by atoms with Crippen molar-refractivity contribution in [2.75, 3.05) is 12.4 Å². The van der Waals surface area contributed by atoms with E-state index < -0.39 is 0 Å². The summed E-state index contributed by atoms with van der Waals surface area (Å²) in [5.74, 6) is 2.01. The molecule has 1 saturated carbocycles. The molecule has 0 unspecified atom stereocenters. The monoisotopic (exact) mass is 372 g/mol. The lowest BCUT2D eigenvalue weighted by Gasteiger charge is -2.36. The minimum absolute atomic E-state index is 0.122. The van der Waals surface area contributed by atoms with Crippen LogP contribution in [0, 0.1) is 11.8 Å². The zero-order valence-corrected chi connectivity index (χ0v) is 16.5. The van der Waals surface area contributed by atoms with E-state index in [9.17, 15) is 4.79 Å². The summed E-state index contributed by atoms with van der Waals surface area (Å²) < 4.78 is 7.80. The van der Waals surface area contributed by atoms with E-state index in [1.54, 1.807) is 11.8 Å². The maximum absolute atomic E-state index is 13.4. The minimum atomic E-state index is 0.122. The Hall–Kier alpha value is -1.33. The van der Waals surface area contributed by atoms with Crippen LogP contribution in [-0.4, -0.2) is 28.0 Å². The number of aromatic nitrogens is 2. The summed E-state index contributed by atoms with van der Waals surface area (Å²) in [6, 6.07) is 7.99. The van der Waals surface area contributed by atoms with Gasteiger partial charge < -0.3 is 4.74 Å². The minimum Gasteiger partial charge on any atom is -0.377 e. The first-order valence-corrected chi connectivity index (χ1v) is 10.9. The van der Waals surface area contributed by atoms with E-state index in [0.717, 1.165) is 47.7 Å². The topological polar surface area (TPSA) is 44.1 Å². The Morgan fingerprint density at radius 3 is 2.85 bits per heavy atom. The number of thioether (sulfide) groups is 1. The Morgan fingerprint density at radius 2 is 2.04 bits per heavy atom. The lowest BCUT2D eigenvalue weighted by molar-refractivity contribution is 0.128. The van der Waals surface area contributed by atoms with E-state index in [2.05, 4.69) is 13.8 Å². The highest BCUT2D eigenvalue weighted by Crippen LogP contribution is 2.39. The van der Waals surface area contributed by atoms with Crippen LogP contribution in [-0.2, 0) is 4.74 Å². The van der Waals surface area contributed by atoms with Crippen LogP contribution in [0.2, 0.25) is 0 Å². The maximum atomic E-state index is 13.4. The van der Waals surface area contributed by atoms with E-state index in [1.807, 2.05) is 28.8 Å². The summed E-state index contributed by atoms with van der Waals surface area (Å²) in [4.78, 5) is 18.3. The molecule has 2 fully saturated rings. The Bertz CT molecular complexity index is 828. The third-order valence-corrected chi connectivity index (χ3v) is 7.28. The average molecular weight is 373 g/mol. The first-order valence-electron chi connectivity index (χ1n) is 9.91. The van der Waals surface area contributed by atoms with Gasteiger partial charge in [-0.1, -0.05) is 50.6 Å². The van der Waals surface area contributed by atoms with Crippen molar-refractivity contribution in [3.63, 3.8) is 0 Å². The quantitative estimate of drug-likeness (QED) is 0.578. The number of ether oxygens (including phenoxy) is 1. The molecule has 0 bridgehead atoms. The summed E-state index contributed by atoms with van der Waals surface area (Å²) in [5, 5.41) is 1.61. The molecular weight excluding hydrogens is 344 g/mol. The van der Waals surface area contributed by atoms with Gasteiger partial charge in [-0.15, -0.1) is 0 Å². The average Bonchev–Trinajstić information content (AvgIpc) is 3.17. The number of hydrogen-bond donors (Lipinski definition) is 0. The number of rotatable bonds is 4. The number of fused-ring (bicyclic) bond motifs is 1. The molecule has 0 N–H and O–H groups in total. The van der Waals surface area contributed by atoms with Gasteiger partial charge in [0.15, 0.2) is 5.16 Å². The number of benzene rings is 1. The summed E-state index contributed by atoms with van der Waals surface area (Å²) in [6.07, 6.45) is 6.05. The van der Waals surface area contributed by atoms with E-state index in [-0.39, 0.29) is 11.6 Å². The molecule has 1 aliphatic heterocycles. The van der Waals surface area contributed by atoms with Gasteiger partial charge in [-0.2, -0.15) is 0 Å². The zero-order valence-electron chi connectivity index (χ0n) is 15.7. The number of para-hydroxylation sites is 1. The van der Waals surface area contributed by atoms with E-state index in [1.165, 1.54) is 12.8 Å². The Kier molecular flexibility index (Phi) is 5.37. The van der Waals surface area contributed by atoms with Crippen molar-refractivity contribution in [2.24, 2.45) is 11.8 Å². The lowest BCUT2D eigenvalue weighted by atomic mass is 9.78. The maximum Gasteiger partial charge on any atom is 0.262 e. The molecule has 4 rings (SSSR count). The molecule has 4 nitrogen and oxygen atoms in total. The molecule has 1 aromatic carbocycles. The van der Waals surface area contributed by atoms with Gasteiger partial charge in [0.1, 0.15) is 0 Å². The predicted molar refractivity (Wildman–Crippen MR) is 107 cm³/mol. The Labute approximate surface area is 159 Å². The summed E-state index contributed by atoms with van der Waals surface area (Å²) in [5.41, 5.74) is 0.927. The number of nitrogens with zero attached hydrogens (tertiary/aromatic N) is 2. The van der Waals surface area contributed by atoms with E-state index >= 15 is 0 Å². The highest BCUT2D eigenvalue weighted by atomic mass is 32.2. The van der Waals surface area contributed by atoms with Gasteiger partial charge in [0.2, 0.25) is 0 Å². The largest absolute Gasteiger partial charge is 0.377 e. The molecular formula is C21H28N2O2S. The van der Waals surface area contributed by atoms with Gasteiger partial charge in [0, 0.05) is 18.4 Å². The lowest BCUT2D eigenvalue weighted by Crippen LogP contribution is -2.35. The molecule has 1 saturated heterocycles. The smallest absolute Gasteiger partial charge is 0.262 e. The van der Waals surface area contributed by atoms with Gasteiger partial charge in [0.05, 0.1) is 17.0 Å². The van der Waals surface area contributed by atoms with Crippen molar-refractivity contribution in [1.29, 1.82) is 0 Å². The van der Waals surface area contributed by atoms with Crippen LogP contribution in [0.5, 0.6) is 0 Å². The fourth-order valence-electron chi connectivity index (χ4n) is 4.38. The van der Waals surface area contributed by atoms with Crippen LogP contribution >= 0.6 is 11.8 Å².